The van der Waals surface area contributed by atoms with Gasteiger partial charge >= 0.3 is 5.97 Å². The standard InChI is InChI=1S/C23H32O8/c1-10-7-13(29-6)19(27)21(3)12(10)8-15-22(4)14(9-16(25)30-15)23(5,31-11(2)24)20(28)17(26)18(21)22/h7,10,12,14-18,25-26H,8-9H2,1-6H3. The van der Waals surface area contributed by atoms with Crippen molar-refractivity contribution in [2.24, 2.45) is 34.5 Å². The van der Waals surface area contributed by atoms with E-state index in [2.05, 4.69) is 0 Å². The molecule has 1 aliphatic heterocycles. The van der Waals surface area contributed by atoms with E-state index in [0.29, 0.717) is 6.42 Å². The second kappa shape index (κ2) is 6.86. The fourth-order valence-corrected chi connectivity index (χ4v) is 7.60. The lowest BCUT2D eigenvalue weighted by Gasteiger charge is -2.69. The summed E-state index contributed by atoms with van der Waals surface area (Å²) in [5, 5.41) is 21.9. The van der Waals surface area contributed by atoms with Gasteiger partial charge in [0.2, 0.25) is 11.6 Å². The zero-order valence-corrected chi connectivity index (χ0v) is 18.9. The maximum absolute atomic E-state index is 13.6. The predicted molar refractivity (Wildman–Crippen MR) is 107 cm³/mol. The Balaban J connectivity index is 1.94. The summed E-state index contributed by atoms with van der Waals surface area (Å²) in [4.78, 5) is 39.1. The number of rotatable bonds is 2. The Labute approximate surface area is 181 Å². The lowest BCUT2D eigenvalue weighted by atomic mass is 9.37. The molecule has 0 spiro atoms. The van der Waals surface area contributed by atoms with Gasteiger partial charge in [-0.1, -0.05) is 20.8 Å². The molecule has 0 aromatic rings. The van der Waals surface area contributed by atoms with E-state index in [-0.39, 0.29) is 29.8 Å². The molecule has 2 N–H and O–H groups in total. The number of aliphatic hydroxyl groups is 2. The van der Waals surface area contributed by atoms with Gasteiger partial charge in [-0.15, -0.1) is 0 Å². The lowest BCUT2D eigenvalue weighted by Crippen LogP contribution is -2.77. The van der Waals surface area contributed by atoms with E-state index in [0.717, 1.165) is 0 Å². The summed E-state index contributed by atoms with van der Waals surface area (Å²) >= 11 is 0. The Hall–Kier alpha value is -1.77. The van der Waals surface area contributed by atoms with Crippen LogP contribution in [0.25, 0.3) is 0 Å². The third-order valence-corrected chi connectivity index (χ3v) is 8.83. The van der Waals surface area contributed by atoms with Crippen molar-refractivity contribution in [2.75, 3.05) is 7.11 Å². The lowest BCUT2D eigenvalue weighted by molar-refractivity contribution is -0.319. The number of methoxy groups -OCH3 is 1. The first-order valence-electron chi connectivity index (χ1n) is 10.9. The van der Waals surface area contributed by atoms with Crippen LogP contribution in [0.1, 0.15) is 47.5 Å². The molecule has 0 amide bonds. The highest BCUT2D eigenvalue weighted by molar-refractivity contribution is 6.01. The number of hydrogen-bond acceptors (Lipinski definition) is 8. The van der Waals surface area contributed by atoms with Crippen LogP contribution in [0.15, 0.2) is 11.8 Å². The van der Waals surface area contributed by atoms with Crippen LogP contribution in [0, 0.1) is 34.5 Å². The van der Waals surface area contributed by atoms with Crippen molar-refractivity contribution in [3.8, 4) is 0 Å². The molecular weight excluding hydrogens is 404 g/mol. The maximum Gasteiger partial charge on any atom is 0.303 e. The molecule has 10 atom stereocenters. The van der Waals surface area contributed by atoms with Gasteiger partial charge in [-0.3, -0.25) is 14.4 Å². The highest BCUT2D eigenvalue weighted by Gasteiger charge is 2.76. The van der Waals surface area contributed by atoms with Crippen molar-refractivity contribution in [1.82, 2.24) is 0 Å². The second-order valence-corrected chi connectivity index (χ2v) is 10.3. The molecule has 0 bridgehead atoms. The Morgan fingerprint density at radius 3 is 2.42 bits per heavy atom. The summed E-state index contributed by atoms with van der Waals surface area (Å²) in [7, 11) is 1.44. The monoisotopic (exact) mass is 436 g/mol. The molecule has 0 aromatic heterocycles. The number of hydrogen-bond donors (Lipinski definition) is 2. The second-order valence-electron chi connectivity index (χ2n) is 10.3. The fourth-order valence-electron chi connectivity index (χ4n) is 7.60. The predicted octanol–water partition coefficient (Wildman–Crippen LogP) is 1.37. The van der Waals surface area contributed by atoms with E-state index in [1.165, 1.54) is 21.0 Å². The number of carbonyl (C=O) groups excluding carboxylic acids is 3. The van der Waals surface area contributed by atoms with Crippen LogP contribution in [0.3, 0.4) is 0 Å². The first-order chi connectivity index (χ1) is 14.3. The summed E-state index contributed by atoms with van der Waals surface area (Å²) in [6.07, 6.45) is -0.876. The van der Waals surface area contributed by atoms with Gasteiger partial charge in [0.25, 0.3) is 0 Å². The van der Waals surface area contributed by atoms with Gasteiger partial charge in [-0.2, -0.15) is 0 Å². The summed E-state index contributed by atoms with van der Waals surface area (Å²) < 4.78 is 16.9. The number of carbonyl (C=O) groups is 3. The average Bonchev–Trinajstić information content (AvgIpc) is 2.67. The number of ketones is 2. The van der Waals surface area contributed by atoms with Crippen LogP contribution >= 0.6 is 0 Å². The number of aliphatic hydroxyl groups excluding tert-OH is 2. The molecule has 8 nitrogen and oxygen atoms in total. The van der Waals surface area contributed by atoms with Crippen LogP contribution < -0.4 is 0 Å². The number of Topliss-reactive ketones (excluding diaryl/α,β-unsaturated/α-hetero) is 2. The molecule has 2 saturated carbocycles. The Bertz CT molecular complexity index is 866. The van der Waals surface area contributed by atoms with Crippen LogP contribution in [-0.4, -0.2) is 59.0 Å². The molecular formula is C23H32O8. The van der Waals surface area contributed by atoms with E-state index in [1.54, 1.807) is 6.08 Å². The first kappa shape index (κ1) is 22.4. The smallest absolute Gasteiger partial charge is 0.303 e. The van der Waals surface area contributed by atoms with E-state index in [9.17, 15) is 24.6 Å². The van der Waals surface area contributed by atoms with Crippen molar-refractivity contribution >= 4 is 17.5 Å². The van der Waals surface area contributed by atoms with Crippen molar-refractivity contribution in [3.63, 3.8) is 0 Å². The SMILES string of the molecule is COC1=CC(C)C2CC3OC(O)CC4C(C)(OC(C)=O)C(=O)C(O)C(C2(C)C1=O)C34C. The summed E-state index contributed by atoms with van der Waals surface area (Å²) in [6, 6.07) is 0. The molecule has 0 aromatic carbocycles. The normalized spacial score (nSPS) is 51.4. The van der Waals surface area contributed by atoms with Crippen LogP contribution in [0.5, 0.6) is 0 Å². The van der Waals surface area contributed by atoms with E-state index < -0.39 is 58.5 Å². The molecule has 3 aliphatic carbocycles. The summed E-state index contributed by atoms with van der Waals surface area (Å²) in [6.45, 7) is 8.39. The number of ether oxygens (including phenoxy) is 3. The molecule has 10 unspecified atom stereocenters. The first-order valence-corrected chi connectivity index (χ1v) is 10.9. The molecule has 1 heterocycles. The minimum absolute atomic E-state index is 0.0587. The highest BCUT2D eigenvalue weighted by atomic mass is 16.6. The van der Waals surface area contributed by atoms with E-state index in [4.69, 9.17) is 14.2 Å². The molecule has 4 rings (SSSR count). The van der Waals surface area contributed by atoms with E-state index in [1.807, 2.05) is 20.8 Å². The molecule has 8 heteroatoms. The maximum atomic E-state index is 13.6. The Morgan fingerprint density at radius 1 is 1.19 bits per heavy atom. The van der Waals surface area contributed by atoms with Crippen molar-refractivity contribution in [2.45, 2.75) is 71.6 Å². The van der Waals surface area contributed by atoms with Crippen LogP contribution in [0.4, 0.5) is 0 Å². The molecule has 172 valence electrons. The molecule has 4 aliphatic rings. The number of fused-ring (bicyclic) bond motifs is 2. The van der Waals surface area contributed by atoms with Gasteiger partial charge in [0, 0.05) is 36.0 Å². The zero-order valence-electron chi connectivity index (χ0n) is 18.9. The molecule has 31 heavy (non-hydrogen) atoms. The van der Waals surface area contributed by atoms with Gasteiger partial charge in [-0.05, 0) is 31.3 Å². The quantitative estimate of drug-likeness (QED) is 0.623. The van der Waals surface area contributed by atoms with Gasteiger partial charge in [-0.25, -0.2) is 0 Å². The molecule has 3 fully saturated rings. The van der Waals surface area contributed by atoms with Gasteiger partial charge in [0.05, 0.1) is 13.2 Å². The Kier molecular flexibility index (Phi) is 4.96. The third kappa shape index (κ3) is 2.67. The van der Waals surface area contributed by atoms with Crippen molar-refractivity contribution in [1.29, 1.82) is 0 Å². The van der Waals surface area contributed by atoms with Crippen molar-refractivity contribution in [3.05, 3.63) is 11.8 Å². The number of allylic oxidation sites excluding steroid dienone is 2. The minimum atomic E-state index is -1.63. The van der Waals surface area contributed by atoms with Gasteiger partial charge < -0.3 is 24.4 Å². The van der Waals surface area contributed by atoms with E-state index >= 15 is 0 Å². The third-order valence-electron chi connectivity index (χ3n) is 8.83. The van der Waals surface area contributed by atoms with Crippen LogP contribution in [0.2, 0.25) is 0 Å². The van der Waals surface area contributed by atoms with Gasteiger partial charge in [0.15, 0.2) is 17.7 Å². The molecule has 1 saturated heterocycles. The minimum Gasteiger partial charge on any atom is -0.493 e. The molecule has 0 radical (unpaired) electrons. The summed E-state index contributed by atoms with van der Waals surface area (Å²) in [5.74, 6) is -2.98. The highest BCUT2D eigenvalue weighted by Crippen LogP contribution is 2.68. The summed E-state index contributed by atoms with van der Waals surface area (Å²) in [5.41, 5.74) is -3.61. The topological polar surface area (TPSA) is 119 Å². The largest absolute Gasteiger partial charge is 0.493 e. The zero-order chi connectivity index (χ0) is 23.1. The van der Waals surface area contributed by atoms with Crippen LogP contribution in [-0.2, 0) is 28.6 Å². The van der Waals surface area contributed by atoms with Crippen molar-refractivity contribution < 1.29 is 38.8 Å². The number of esters is 1. The fraction of sp³-hybridized carbons (Fsp3) is 0.783. The van der Waals surface area contributed by atoms with Gasteiger partial charge in [0.1, 0.15) is 6.10 Å². The average molecular weight is 437 g/mol. The Morgan fingerprint density at radius 2 is 1.84 bits per heavy atom.